The number of halogens is 1. The van der Waals surface area contributed by atoms with E-state index in [-0.39, 0.29) is 48.4 Å². The molecular weight excluding hydrogens is 459 g/mol. The molecule has 34 heavy (non-hydrogen) atoms. The number of nitrogens with one attached hydrogen (secondary N) is 2. The second-order valence-corrected chi connectivity index (χ2v) is 10.5. The van der Waals surface area contributed by atoms with E-state index in [2.05, 4.69) is 10.0 Å². The van der Waals surface area contributed by atoms with Gasteiger partial charge in [-0.15, -0.1) is 0 Å². The van der Waals surface area contributed by atoms with Gasteiger partial charge in [0.25, 0.3) is 0 Å². The second kappa shape index (κ2) is 11.0. The fourth-order valence-electron chi connectivity index (χ4n) is 3.91. The van der Waals surface area contributed by atoms with E-state index in [9.17, 15) is 22.4 Å². The lowest BCUT2D eigenvalue weighted by molar-refractivity contribution is -0.135. The van der Waals surface area contributed by atoms with E-state index in [0.29, 0.717) is 6.54 Å². The maximum atomic E-state index is 13.5. The van der Waals surface area contributed by atoms with Crippen LogP contribution in [0.2, 0.25) is 0 Å². The van der Waals surface area contributed by atoms with Gasteiger partial charge < -0.3 is 15.1 Å². The summed E-state index contributed by atoms with van der Waals surface area (Å²) in [6.07, 6.45) is 0.155. The molecule has 10 heteroatoms. The molecule has 1 aliphatic rings. The molecule has 1 aliphatic heterocycles. The lowest BCUT2D eigenvalue weighted by Crippen LogP contribution is -2.61. The number of amides is 3. The smallest absolute Gasteiger partial charge is 0.317 e. The molecule has 2 unspecified atom stereocenters. The molecule has 2 aromatic rings. The molecule has 0 radical (unpaired) electrons. The summed E-state index contributed by atoms with van der Waals surface area (Å²) in [5.74, 6) is -0.922. The first kappa shape index (κ1) is 25.6. The van der Waals surface area contributed by atoms with E-state index in [1.54, 1.807) is 9.80 Å². The maximum absolute atomic E-state index is 13.5. The van der Waals surface area contributed by atoms with Gasteiger partial charge in [0.05, 0.1) is 4.90 Å². The molecule has 0 aromatic heterocycles. The lowest BCUT2D eigenvalue weighted by Gasteiger charge is -2.41. The molecule has 3 amide bonds. The Morgan fingerprint density at radius 3 is 2.29 bits per heavy atom. The average Bonchev–Trinajstić information content (AvgIpc) is 2.78. The first-order chi connectivity index (χ1) is 16.1. The predicted octanol–water partition coefficient (Wildman–Crippen LogP) is 2.37. The number of carbonyl (C=O) groups excluding carboxylic acids is 2. The van der Waals surface area contributed by atoms with Crippen LogP contribution in [0.15, 0.2) is 59.5 Å². The Balaban J connectivity index is 1.79. The van der Waals surface area contributed by atoms with Gasteiger partial charge in [-0.2, -0.15) is 4.72 Å². The fraction of sp³-hybridized carbons (Fsp3) is 0.417. The van der Waals surface area contributed by atoms with Crippen molar-refractivity contribution in [1.82, 2.24) is 19.8 Å². The number of sulfonamides is 1. The molecule has 0 spiro atoms. The molecule has 0 aliphatic carbocycles. The summed E-state index contributed by atoms with van der Waals surface area (Å²) in [5, 5.41) is 2.86. The Morgan fingerprint density at radius 1 is 1.06 bits per heavy atom. The van der Waals surface area contributed by atoms with Crippen molar-refractivity contribution in [1.29, 1.82) is 0 Å². The van der Waals surface area contributed by atoms with Crippen LogP contribution in [0.25, 0.3) is 0 Å². The minimum Gasteiger partial charge on any atom is -0.337 e. The highest BCUT2D eigenvalue weighted by molar-refractivity contribution is 7.89. The van der Waals surface area contributed by atoms with Crippen molar-refractivity contribution in [3.63, 3.8) is 0 Å². The minimum atomic E-state index is -4.07. The molecule has 3 rings (SSSR count). The number of hydrogen-bond acceptors (Lipinski definition) is 4. The van der Waals surface area contributed by atoms with Crippen molar-refractivity contribution in [2.45, 2.75) is 50.2 Å². The van der Waals surface area contributed by atoms with Gasteiger partial charge in [-0.05, 0) is 57.0 Å². The van der Waals surface area contributed by atoms with E-state index in [0.717, 1.165) is 29.8 Å². The van der Waals surface area contributed by atoms with Crippen LogP contribution in [0.1, 0.15) is 26.3 Å². The molecule has 2 N–H and O–H groups in total. The Labute approximate surface area is 200 Å². The number of hydrogen-bond donors (Lipinski definition) is 2. The fourth-order valence-corrected chi connectivity index (χ4v) is 5.10. The summed E-state index contributed by atoms with van der Waals surface area (Å²) in [4.78, 5) is 29.1. The molecule has 2 aromatic carbocycles. The number of nitrogens with zero attached hydrogens (tertiary/aromatic N) is 2. The normalized spacial score (nSPS) is 17.5. The molecule has 0 saturated carbocycles. The number of urea groups is 1. The highest BCUT2D eigenvalue weighted by Crippen LogP contribution is 2.16. The first-order valence-electron chi connectivity index (χ1n) is 11.2. The monoisotopic (exact) mass is 490 g/mol. The van der Waals surface area contributed by atoms with Gasteiger partial charge in [-0.25, -0.2) is 17.6 Å². The maximum Gasteiger partial charge on any atom is 0.317 e. The summed E-state index contributed by atoms with van der Waals surface area (Å²) in [6, 6.07) is 12.1. The van der Waals surface area contributed by atoms with Gasteiger partial charge in [0.2, 0.25) is 15.9 Å². The standard InChI is InChI=1S/C24H31FN4O4S/c1-17(2)26-24(31)29-14-13-28(16-18(29)3)23(30)22(15-19-7-5-4-6-8-19)27-34(32,33)21-11-9-20(25)10-12-21/h4-12,17-18,22,27H,13-16H2,1-3H3,(H,26,31). The van der Waals surface area contributed by atoms with Crippen molar-refractivity contribution < 1.29 is 22.4 Å². The van der Waals surface area contributed by atoms with Gasteiger partial charge in [0, 0.05) is 31.7 Å². The minimum absolute atomic E-state index is 0.00418. The Kier molecular flexibility index (Phi) is 8.27. The van der Waals surface area contributed by atoms with Crippen LogP contribution in [0, 0.1) is 5.82 Å². The molecule has 1 fully saturated rings. The van der Waals surface area contributed by atoms with Crippen LogP contribution < -0.4 is 10.0 Å². The number of piperazine rings is 1. The van der Waals surface area contributed by atoms with Crippen molar-refractivity contribution in [2.75, 3.05) is 19.6 Å². The third kappa shape index (κ3) is 6.54. The van der Waals surface area contributed by atoms with Gasteiger partial charge in [0.15, 0.2) is 0 Å². The third-order valence-electron chi connectivity index (χ3n) is 5.61. The van der Waals surface area contributed by atoms with E-state index in [1.807, 2.05) is 51.1 Å². The van der Waals surface area contributed by atoms with Crippen LogP contribution in [-0.2, 0) is 21.2 Å². The number of rotatable bonds is 7. The zero-order valence-corrected chi connectivity index (χ0v) is 20.4. The molecule has 8 nitrogen and oxygen atoms in total. The summed E-state index contributed by atoms with van der Waals surface area (Å²) in [7, 11) is -4.07. The molecule has 2 atom stereocenters. The zero-order chi connectivity index (χ0) is 24.9. The van der Waals surface area contributed by atoms with E-state index >= 15 is 0 Å². The Hall–Kier alpha value is -2.98. The van der Waals surface area contributed by atoms with E-state index in [1.165, 1.54) is 0 Å². The lowest BCUT2D eigenvalue weighted by atomic mass is 10.0. The summed E-state index contributed by atoms with van der Waals surface area (Å²) in [6.45, 7) is 6.53. The number of carbonyl (C=O) groups is 2. The third-order valence-corrected chi connectivity index (χ3v) is 7.10. The van der Waals surface area contributed by atoms with Crippen LogP contribution in [-0.4, -0.2) is 67.9 Å². The van der Waals surface area contributed by atoms with E-state index < -0.39 is 21.9 Å². The van der Waals surface area contributed by atoms with Crippen LogP contribution in [0.5, 0.6) is 0 Å². The first-order valence-corrected chi connectivity index (χ1v) is 12.7. The van der Waals surface area contributed by atoms with Gasteiger partial charge in [-0.1, -0.05) is 30.3 Å². The SMILES string of the molecule is CC(C)NC(=O)N1CCN(C(=O)C(Cc2ccccc2)NS(=O)(=O)c2ccc(F)cc2)CC1C. The highest BCUT2D eigenvalue weighted by atomic mass is 32.2. The number of benzene rings is 2. The van der Waals surface area contributed by atoms with Crippen molar-refractivity contribution in [3.8, 4) is 0 Å². The average molecular weight is 491 g/mol. The van der Waals surface area contributed by atoms with E-state index in [4.69, 9.17) is 0 Å². The summed E-state index contributed by atoms with van der Waals surface area (Å²) in [5.41, 5.74) is 0.797. The van der Waals surface area contributed by atoms with Crippen LogP contribution >= 0.6 is 0 Å². The van der Waals surface area contributed by atoms with Crippen molar-refractivity contribution in [3.05, 3.63) is 66.0 Å². The highest BCUT2D eigenvalue weighted by Gasteiger charge is 2.35. The van der Waals surface area contributed by atoms with Crippen LogP contribution in [0.3, 0.4) is 0 Å². The molecule has 184 valence electrons. The molecular formula is C24H31FN4O4S. The molecule has 1 heterocycles. The van der Waals surface area contributed by atoms with Crippen molar-refractivity contribution >= 4 is 22.0 Å². The predicted molar refractivity (Wildman–Crippen MR) is 127 cm³/mol. The van der Waals surface area contributed by atoms with Gasteiger partial charge in [0.1, 0.15) is 11.9 Å². The zero-order valence-electron chi connectivity index (χ0n) is 19.6. The molecule has 0 bridgehead atoms. The quantitative estimate of drug-likeness (QED) is 0.623. The van der Waals surface area contributed by atoms with Gasteiger partial charge >= 0.3 is 6.03 Å². The summed E-state index contributed by atoms with van der Waals surface area (Å²) >= 11 is 0. The Bertz CT molecular complexity index is 1090. The molecule has 1 saturated heterocycles. The summed E-state index contributed by atoms with van der Waals surface area (Å²) < 4.78 is 41.7. The topological polar surface area (TPSA) is 98.8 Å². The Morgan fingerprint density at radius 2 is 1.71 bits per heavy atom. The second-order valence-electron chi connectivity index (χ2n) is 8.75. The van der Waals surface area contributed by atoms with Crippen molar-refractivity contribution in [2.24, 2.45) is 0 Å². The van der Waals surface area contributed by atoms with Gasteiger partial charge in [-0.3, -0.25) is 4.79 Å². The largest absolute Gasteiger partial charge is 0.337 e. The van der Waals surface area contributed by atoms with Crippen LogP contribution in [0.4, 0.5) is 9.18 Å².